The monoisotopic (exact) mass is 378 g/mol. The van der Waals surface area contributed by atoms with Crippen LogP contribution in [0, 0.1) is 13.8 Å². The summed E-state index contributed by atoms with van der Waals surface area (Å²) in [5.74, 6) is -0.488. The van der Waals surface area contributed by atoms with E-state index in [-0.39, 0.29) is 11.8 Å². The number of hydrogen-bond donors (Lipinski definition) is 2. The molecule has 0 heterocycles. The summed E-state index contributed by atoms with van der Waals surface area (Å²) < 4.78 is 0. The van der Waals surface area contributed by atoms with Gasteiger partial charge in [-0.2, -0.15) is 0 Å². The lowest BCUT2D eigenvalue weighted by atomic mass is 10.1. The van der Waals surface area contributed by atoms with E-state index in [0.717, 1.165) is 11.1 Å². The molecule has 0 aromatic heterocycles. The van der Waals surface area contributed by atoms with Crippen LogP contribution in [0.1, 0.15) is 31.8 Å². The first-order valence-electron chi connectivity index (χ1n) is 8.48. The summed E-state index contributed by atoms with van der Waals surface area (Å²) >= 11 is 6.01. The van der Waals surface area contributed by atoms with Gasteiger partial charge in [-0.05, 0) is 61.4 Å². The molecule has 0 bridgehead atoms. The summed E-state index contributed by atoms with van der Waals surface area (Å²) in [7, 11) is 0. The van der Waals surface area contributed by atoms with Gasteiger partial charge >= 0.3 is 0 Å². The Morgan fingerprint density at radius 3 is 1.93 bits per heavy atom. The van der Waals surface area contributed by atoms with Crippen LogP contribution in [0.5, 0.6) is 0 Å². The lowest BCUT2D eigenvalue weighted by molar-refractivity contribution is 0.101. The molecule has 0 atom stereocenters. The zero-order valence-electron chi connectivity index (χ0n) is 15.0. The maximum absolute atomic E-state index is 12.6. The third kappa shape index (κ3) is 4.54. The van der Waals surface area contributed by atoms with Crippen LogP contribution in [0.25, 0.3) is 0 Å². The number of rotatable bonds is 4. The van der Waals surface area contributed by atoms with Gasteiger partial charge in [0, 0.05) is 27.5 Å². The third-order valence-corrected chi connectivity index (χ3v) is 4.47. The quantitative estimate of drug-likeness (QED) is 0.633. The van der Waals surface area contributed by atoms with Gasteiger partial charge in [-0.3, -0.25) is 9.59 Å². The van der Waals surface area contributed by atoms with Gasteiger partial charge in [0.1, 0.15) is 0 Å². The highest BCUT2D eigenvalue weighted by Crippen LogP contribution is 2.23. The zero-order chi connectivity index (χ0) is 19.4. The summed E-state index contributed by atoms with van der Waals surface area (Å²) in [5, 5.41) is 6.28. The number of carbonyl (C=O) groups is 2. The molecule has 0 aliphatic rings. The molecule has 3 aromatic carbocycles. The maximum atomic E-state index is 12.6. The maximum Gasteiger partial charge on any atom is 0.255 e. The number of hydrogen-bond acceptors (Lipinski definition) is 2. The number of carbonyl (C=O) groups excluding carboxylic acids is 2. The minimum Gasteiger partial charge on any atom is -0.322 e. The van der Waals surface area contributed by atoms with Crippen LogP contribution in [0.2, 0.25) is 5.02 Å². The highest BCUT2D eigenvalue weighted by Gasteiger charge is 2.12. The van der Waals surface area contributed by atoms with Crippen molar-refractivity contribution in [3.63, 3.8) is 0 Å². The van der Waals surface area contributed by atoms with Gasteiger partial charge in [0.05, 0.1) is 0 Å². The van der Waals surface area contributed by atoms with E-state index in [2.05, 4.69) is 10.6 Å². The second kappa shape index (κ2) is 8.06. The van der Waals surface area contributed by atoms with Crippen molar-refractivity contribution in [1.29, 1.82) is 0 Å². The number of benzene rings is 3. The van der Waals surface area contributed by atoms with Crippen molar-refractivity contribution in [1.82, 2.24) is 0 Å². The molecule has 4 nitrogen and oxygen atoms in total. The second-order valence-corrected chi connectivity index (χ2v) is 6.70. The van der Waals surface area contributed by atoms with E-state index < -0.39 is 0 Å². The number of amides is 2. The molecule has 3 rings (SSSR count). The van der Waals surface area contributed by atoms with Crippen LogP contribution in [0.3, 0.4) is 0 Å². The number of nitrogens with one attached hydrogen (secondary N) is 2. The minimum absolute atomic E-state index is 0.220. The molecule has 0 saturated carbocycles. The van der Waals surface area contributed by atoms with Gasteiger partial charge in [0.2, 0.25) is 0 Å². The van der Waals surface area contributed by atoms with Gasteiger partial charge in [-0.15, -0.1) is 0 Å². The Labute approximate surface area is 163 Å². The zero-order valence-corrected chi connectivity index (χ0v) is 15.8. The summed E-state index contributed by atoms with van der Waals surface area (Å²) in [5.41, 5.74) is 4.04. The molecule has 3 aromatic rings. The van der Waals surface area contributed by atoms with E-state index in [1.54, 1.807) is 54.6 Å². The van der Waals surface area contributed by atoms with Gasteiger partial charge < -0.3 is 10.6 Å². The van der Waals surface area contributed by atoms with Crippen molar-refractivity contribution in [3.8, 4) is 0 Å². The first kappa shape index (κ1) is 18.7. The third-order valence-electron chi connectivity index (χ3n) is 4.23. The van der Waals surface area contributed by atoms with Crippen molar-refractivity contribution in [3.05, 3.63) is 94.0 Å². The molecule has 0 unspecified atom stereocenters. The number of anilines is 2. The molecule has 0 spiro atoms. The lowest BCUT2D eigenvalue weighted by Crippen LogP contribution is -2.16. The van der Waals surface area contributed by atoms with E-state index in [1.807, 2.05) is 26.0 Å². The Morgan fingerprint density at radius 2 is 1.26 bits per heavy atom. The molecule has 27 heavy (non-hydrogen) atoms. The highest BCUT2D eigenvalue weighted by molar-refractivity contribution is 6.31. The van der Waals surface area contributed by atoms with Crippen molar-refractivity contribution in [2.45, 2.75) is 13.8 Å². The first-order chi connectivity index (χ1) is 12.9. The smallest absolute Gasteiger partial charge is 0.255 e. The average Bonchev–Trinajstić information content (AvgIpc) is 2.67. The lowest BCUT2D eigenvalue weighted by Gasteiger charge is -2.12. The molecule has 0 aliphatic carbocycles. The average molecular weight is 379 g/mol. The van der Waals surface area contributed by atoms with Crippen molar-refractivity contribution < 1.29 is 9.59 Å². The van der Waals surface area contributed by atoms with E-state index in [9.17, 15) is 9.59 Å². The fourth-order valence-corrected chi connectivity index (χ4v) is 2.78. The van der Waals surface area contributed by atoms with Crippen LogP contribution in [0.15, 0.2) is 66.7 Å². The summed E-state index contributed by atoms with van der Waals surface area (Å²) in [6, 6.07) is 19.5. The molecule has 0 aliphatic heterocycles. The standard InChI is InChI=1S/C22H19ClN2O2/c1-14-8-10-17(22(27)25-20-13-18(23)11-9-15(20)2)12-19(14)24-21(26)16-6-4-3-5-7-16/h3-13H,1-2H3,(H,24,26)(H,25,27). The highest BCUT2D eigenvalue weighted by atomic mass is 35.5. The van der Waals surface area contributed by atoms with Gasteiger partial charge in [0.25, 0.3) is 11.8 Å². The molecule has 2 N–H and O–H groups in total. The second-order valence-electron chi connectivity index (χ2n) is 6.26. The van der Waals surface area contributed by atoms with Crippen LogP contribution >= 0.6 is 11.6 Å². The Balaban J connectivity index is 1.81. The van der Waals surface area contributed by atoms with E-state index in [1.165, 1.54) is 0 Å². The van der Waals surface area contributed by atoms with E-state index in [4.69, 9.17) is 11.6 Å². The normalized spacial score (nSPS) is 10.3. The fraction of sp³-hybridized carbons (Fsp3) is 0.0909. The molecule has 5 heteroatoms. The summed E-state index contributed by atoms with van der Waals surface area (Å²) in [4.78, 5) is 25.0. The van der Waals surface area contributed by atoms with Crippen molar-refractivity contribution in [2.24, 2.45) is 0 Å². The predicted molar refractivity (Wildman–Crippen MR) is 110 cm³/mol. The van der Waals surface area contributed by atoms with Crippen LogP contribution < -0.4 is 10.6 Å². The Bertz CT molecular complexity index is 1000. The van der Waals surface area contributed by atoms with Crippen LogP contribution in [-0.2, 0) is 0 Å². The van der Waals surface area contributed by atoms with E-state index in [0.29, 0.717) is 27.5 Å². The summed E-state index contributed by atoms with van der Waals surface area (Å²) in [6.45, 7) is 3.77. The fourth-order valence-electron chi connectivity index (χ4n) is 2.61. The topological polar surface area (TPSA) is 58.2 Å². The molecular formula is C22H19ClN2O2. The first-order valence-corrected chi connectivity index (χ1v) is 8.86. The van der Waals surface area contributed by atoms with Gasteiger partial charge in [0.15, 0.2) is 0 Å². The number of aryl methyl sites for hydroxylation is 2. The van der Waals surface area contributed by atoms with E-state index >= 15 is 0 Å². The SMILES string of the molecule is Cc1ccc(Cl)cc1NC(=O)c1ccc(C)c(NC(=O)c2ccccc2)c1. The minimum atomic E-state index is -0.268. The van der Waals surface area contributed by atoms with Crippen LogP contribution in [-0.4, -0.2) is 11.8 Å². The van der Waals surface area contributed by atoms with Crippen molar-refractivity contribution in [2.75, 3.05) is 10.6 Å². The predicted octanol–water partition coefficient (Wildman–Crippen LogP) is 5.46. The molecular weight excluding hydrogens is 360 g/mol. The Hall–Kier alpha value is -3.11. The molecule has 0 radical (unpaired) electrons. The van der Waals surface area contributed by atoms with Crippen LogP contribution in [0.4, 0.5) is 11.4 Å². The van der Waals surface area contributed by atoms with Gasteiger partial charge in [-0.25, -0.2) is 0 Å². The van der Waals surface area contributed by atoms with Crippen molar-refractivity contribution >= 4 is 34.8 Å². The number of halogens is 1. The molecule has 136 valence electrons. The Kier molecular flexibility index (Phi) is 5.57. The van der Waals surface area contributed by atoms with Gasteiger partial charge in [-0.1, -0.05) is 41.9 Å². The Morgan fingerprint density at radius 1 is 0.704 bits per heavy atom. The molecule has 0 saturated heterocycles. The summed E-state index contributed by atoms with van der Waals surface area (Å²) in [6.07, 6.45) is 0. The largest absolute Gasteiger partial charge is 0.322 e. The molecule has 0 fully saturated rings. The molecule has 2 amide bonds.